The summed E-state index contributed by atoms with van der Waals surface area (Å²) in [5, 5.41) is 4.02. The van der Waals surface area contributed by atoms with Crippen LogP contribution in [0.15, 0.2) is 35.2 Å². The van der Waals surface area contributed by atoms with E-state index >= 15 is 0 Å². The molecule has 0 bridgehead atoms. The molecule has 4 heteroatoms. The van der Waals surface area contributed by atoms with Gasteiger partial charge in [0.15, 0.2) is 0 Å². The summed E-state index contributed by atoms with van der Waals surface area (Å²) in [6.45, 7) is 4.27. The molecule has 1 aromatic rings. The number of benzene rings is 1. The molecule has 0 aliphatic heterocycles. The largest absolute Gasteiger partial charge is 0.352 e. The summed E-state index contributed by atoms with van der Waals surface area (Å²) >= 11 is 5.00. The molecule has 0 aliphatic rings. The molecule has 2 nitrogen and oxygen atoms in total. The number of halogens is 1. The molecule has 1 unspecified atom stereocenters. The normalized spacial score (nSPS) is 12.4. The molecule has 0 saturated carbocycles. The van der Waals surface area contributed by atoms with E-state index in [9.17, 15) is 4.79 Å². The second-order valence-corrected chi connectivity index (χ2v) is 6.34. The Morgan fingerprint density at radius 1 is 1.33 bits per heavy atom. The third kappa shape index (κ3) is 5.91. The fourth-order valence-corrected chi connectivity index (χ4v) is 2.83. The van der Waals surface area contributed by atoms with Crippen molar-refractivity contribution < 1.29 is 4.79 Å². The summed E-state index contributed by atoms with van der Waals surface area (Å²) in [4.78, 5) is 13.0. The number of thioether (sulfide) groups is 1. The first-order valence-electron chi connectivity index (χ1n) is 6.16. The van der Waals surface area contributed by atoms with Gasteiger partial charge in [-0.3, -0.25) is 4.79 Å². The van der Waals surface area contributed by atoms with Gasteiger partial charge in [-0.1, -0.05) is 48.0 Å². The topological polar surface area (TPSA) is 29.1 Å². The van der Waals surface area contributed by atoms with Gasteiger partial charge in [0.1, 0.15) is 0 Å². The zero-order valence-corrected chi connectivity index (χ0v) is 13.3. The van der Waals surface area contributed by atoms with Gasteiger partial charge in [-0.05, 0) is 24.5 Å². The highest BCUT2D eigenvalue weighted by molar-refractivity contribution is 9.09. The van der Waals surface area contributed by atoms with Crippen molar-refractivity contribution in [1.82, 2.24) is 5.32 Å². The quantitative estimate of drug-likeness (QED) is 0.610. The van der Waals surface area contributed by atoms with Gasteiger partial charge in [0.25, 0.3) is 0 Å². The Balaban J connectivity index is 2.36. The van der Waals surface area contributed by atoms with Crippen molar-refractivity contribution >= 4 is 33.6 Å². The second-order valence-electron chi connectivity index (χ2n) is 4.50. The van der Waals surface area contributed by atoms with Crippen LogP contribution in [0.4, 0.5) is 0 Å². The van der Waals surface area contributed by atoms with Crippen LogP contribution in [0.25, 0.3) is 0 Å². The summed E-state index contributed by atoms with van der Waals surface area (Å²) in [7, 11) is 0. The molecule has 1 atom stereocenters. The minimum Gasteiger partial charge on any atom is -0.352 e. The number of hydrogen-bond donors (Lipinski definition) is 1. The smallest absolute Gasteiger partial charge is 0.230 e. The predicted octanol–water partition coefficient (Wildman–Crippen LogP) is 3.70. The summed E-state index contributed by atoms with van der Waals surface area (Å²) in [5.74, 6) is 1.06. The number of nitrogens with one attached hydrogen (secondary N) is 1. The monoisotopic (exact) mass is 329 g/mol. The molecule has 0 heterocycles. The number of alkyl halides is 1. The molecule has 0 spiro atoms. The second kappa shape index (κ2) is 8.59. The fraction of sp³-hybridized carbons (Fsp3) is 0.500. The Morgan fingerprint density at radius 3 is 2.56 bits per heavy atom. The number of carbonyl (C=O) groups is 1. The Morgan fingerprint density at radius 2 is 2.00 bits per heavy atom. The van der Waals surface area contributed by atoms with E-state index < -0.39 is 0 Å². The predicted molar refractivity (Wildman–Crippen MR) is 82.3 cm³/mol. The third-order valence-electron chi connectivity index (χ3n) is 2.68. The Hall–Kier alpha value is -0.480. The molecule has 1 aromatic carbocycles. The SMILES string of the molecule is CC(C)C(CCBr)NC(=O)CSc1ccccc1. The maximum Gasteiger partial charge on any atom is 0.230 e. The standard InChI is InChI=1S/C14H20BrNOS/c1-11(2)13(8-9-15)16-14(17)10-18-12-6-4-3-5-7-12/h3-7,11,13H,8-10H2,1-2H3,(H,16,17). The molecule has 0 radical (unpaired) electrons. The highest BCUT2D eigenvalue weighted by Crippen LogP contribution is 2.17. The minimum absolute atomic E-state index is 0.114. The number of amides is 1. The van der Waals surface area contributed by atoms with Crippen LogP contribution in [0, 0.1) is 5.92 Å². The van der Waals surface area contributed by atoms with Crippen molar-refractivity contribution in [1.29, 1.82) is 0 Å². The highest BCUT2D eigenvalue weighted by atomic mass is 79.9. The van der Waals surface area contributed by atoms with Gasteiger partial charge < -0.3 is 5.32 Å². The van der Waals surface area contributed by atoms with E-state index in [0.29, 0.717) is 11.7 Å². The van der Waals surface area contributed by atoms with Crippen molar-refractivity contribution in [3.63, 3.8) is 0 Å². The van der Waals surface area contributed by atoms with E-state index in [0.717, 1.165) is 16.6 Å². The molecule has 18 heavy (non-hydrogen) atoms. The Labute approximate surface area is 122 Å². The molecular weight excluding hydrogens is 310 g/mol. The summed E-state index contributed by atoms with van der Waals surface area (Å²) < 4.78 is 0. The molecule has 0 aliphatic carbocycles. The van der Waals surface area contributed by atoms with Crippen molar-refractivity contribution in [2.45, 2.75) is 31.2 Å². The molecule has 1 N–H and O–H groups in total. The van der Waals surface area contributed by atoms with Crippen LogP contribution in [-0.4, -0.2) is 23.0 Å². The van der Waals surface area contributed by atoms with Gasteiger partial charge in [-0.15, -0.1) is 11.8 Å². The van der Waals surface area contributed by atoms with E-state index in [2.05, 4.69) is 35.1 Å². The highest BCUT2D eigenvalue weighted by Gasteiger charge is 2.15. The van der Waals surface area contributed by atoms with Crippen molar-refractivity contribution in [2.24, 2.45) is 5.92 Å². The van der Waals surface area contributed by atoms with Gasteiger partial charge in [0, 0.05) is 16.3 Å². The first-order chi connectivity index (χ1) is 8.63. The van der Waals surface area contributed by atoms with E-state index in [1.165, 1.54) is 0 Å². The zero-order chi connectivity index (χ0) is 13.4. The minimum atomic E-state index is 0.114. The van der Waals surface area contributed by atoms with Gasteiger partial charge in [0.2, 0.25) is 5.91 Å². The molecule has 0 saturated heterocycles. The van der Waals surface area contributed by atoms with Crippen LogP contribution in [0.5, 0.6) is 0 Å². The van der Waals surface area contributed by atoms with Crippen LogP contribution in [0.3, 0.4) is 0 Å². The Kier molecular flexibility index (Phi) is 7.44. The first-order valence-corrected chi connectivity index (χ1v) is 8.27. The molecule has 1 rings (SSSR count). The molecular formula is C14H20BrNOS. The Bertz CT molecular complexity index is 356. The summed E-state index contributed by atoms with van der Waals surface area (Å²) in [6, 6.07) is 10.3. The van der Waals surface area contributed by atoms with E-state index in [-0.39, 0.29) is 11.9 Å². The number of hydrogen-bond acceptors (Lipinski definition) is 2. The van der Waals surface area contributed by atoms with Crippen LogP contribution in [0.2, 0.25) is 0 Å². The average Bonchev–Trinajstić information content (AvgIpc) is 2.37. The fourth-order valence-electron chi connectivity index (χ4n) is 1.60. The van der Waals surface area contributed by atoms with Crippen molar-refractivity contribution in [3.8, 4) is 0 Å². The van der Waals surface area contributed by atoms with E-state index in [1.807, 2.05) is 30.3 Å². The van der Waals surface area contributed by atoms with Gasteiger partial charge in [-0.2, -0.15) is 0 Å². The van der Waals surface area contributed by atoms with Gasteiger partial charge in [-0.25, -0.2) is 0 Å². The third-order valence-corrected chi connectivity index (χ3v) is 4.15. The molecule has 0 aromatic heterocycles. The van der Waals surface area contributed by atoms with Gasteiger partial charge in [0.05, 0.1) is 5.75 Å². The number of carbonyl (C=O) groups excluding carboxylic acids is 1. The maximum atomic E-state index is 11.9. The van der Waals surface area contributed by atoms with Crippen LogP contribution in [0.1, 0.15) is 20.3 Å². The molecule has 0 fully saturated rings. The maximum absolute atomic E-state index is 11.9. The van der Waals surface area contributed by atoms with Crippen LogP contribution >= 0.6 is 27.7 Å². The van der Waals surface area contributed by atoms with Crippen molar-refractivity contribution in [3.05, 3.63) is 30.3 Å². The van der Waals surface area contributed by atoms with Gasteiger partial charge >= 0.3 is 0 Å². The molecule has 100 valence electrons. The van der Waals surface area contributed by atoms with E-state index in [4.69, 9.17) is 0 Å². The lowest BCUT2D eigenvalue weighted by Gasteiger charge is -2.21. The van der Waals surface area contributed by atoms with Crippen LogP contribution in [-0.2, 0) is 4.79 Å². The number of rotatable bonds is 7. The summed E-state index contributed by atoms with van der Waals surface area (Å²) in [6.07, 6.45) is 0.972. The average molecular weight is 330 g/mol. The summed E-state index contributed by atoms with van der Waals surface area (Å²) in [5.41, 5.74) is 0. The van der Waals surface area contributed by atoms with E-state index in [1.54, 1.807) is 11.8 Å². The van der Waals surface area contributed by atoms with Crippen molar-refractivity contribution in [2.75, 3.05) is 11.1 Å². The van der Waals surface area contributed by atoms with Crippen LogP contribution < -0.4 is 5.32 Å². The lowest BCUT2D eigenvalue weighted by atomic mass is 10.0. The molecule has 1 amide bonds. The lowest BCUT2D eigenvalue weighted by molar-refractivity contribution is -0.119. The lowest BCUT2D eigenvalue weighted by Crippen LogP contribution is -2.39. The first kappa shape index (κ1) is 15.6. The zero-order valence-electron chi connectivity index (χ0n) is 10.9.